The van der Waals surface area contributed by atoms with E-state index >= 15 is 0 Å². The van der Waals surface area contributed by atoms with Gasteiger partial charge in [0.15, 0.2) is 10.9 Å². The highest BCUT2D eigenvalue weighted by Crippen LogP contribution is 2.20. The molecule has 3 heterocycles. The highest BCUT2D eigenvalue weighted by atomic mass is 32.2. The third-order valence-corrected chi connectivity index (χ3v) is 4.65. The predicted octanol–water partition coefficient (Wildman–Crippen LogP) is 1.43. The average molecular weight is 349 g/mol. The van der Waals surface area contributed by atoms with E-state index in [-0.39, 0.29) is 29.7 Å². The molecule has 0 radical (unpaired) electrons. The van der Waals surface area contributed by atoms with Crippen LogP contribution in [-0.2, 0) is 10.5 Å². The van der Waals surface area contributed by atoms with Crippen LogP contribution in [0.15, 0.2) is 28.0 Å². The molecule has 2 aromatic heterocycles. The fourth-order valence-electron chi connectivity index (χ4n) is 2.56. The number of thioether (sulfide) groups is 1. The van der Waals surface area contributed by atoms with Crippen molar-refractivity contribution in [3.05, 3.63) is 30.0 Å². The molecule has 128 valence electrons. The largest absolute Gasteiger partial charge is 0.455 e. The number of aromatic amines is 1. The molecule has 1 fully saturated rings. The van der Waals surface area contributed by atoms with Gasteiger partial charge >= 0.3 is 0 Å². The molecule has 2 aromatic rings. The fraction of sp³-hybridized carbons (Fsp3) is 0.467. The number of amides is 2. The topological polar surface area (TPSA) is 104 Å². The molecule has 0 aromatic carbocycles. The second-order valence-corrected chi connectivity index (χ2v) is 6.82. The number of hydrogen-bond acceptors (Lipinski definition) is 6. The highest BCUT2D eigenvalue weighted by molar-refractivity contribution is 7.98. The lowest BCUT2D eigenvalue weighted by Gasteiger charge is -2.20. The summed E-state index contributed by atoms with van der Waals surface area (Å²) >= 11 is 1.44. The number of H-pyrrole nitrogens is 1. The molecule has 0 bridgehead atoms. The Labute approximate surface area is 143 Å². The zero-order chi connectivity index (χ0) is 17.1. The number of nitrogens with zero attached hydrogens (tertiary/aromatic N) is 3. The third kappa shape index (κ3) is 3.78. The van der Waals surface area contributed by atoms with E-state index in [1.807, 2.05) is 13.8 Å². The van der Waals surface area contributed by atoms with Gasteiger partial charge in [0.1, 0.15) is 12.1 Å². The first-order valence-electron chi connectivity index (χ1n) is 7.70. The maximum absolute atomic E-state index is 12.3. The normalized spacial score (nSPS) is 17.7. The summed E-state index contributed by atoms with van der Waals surface area (Å²) in [6.45, 7) is 4.47. The molecular weight excluding hydrogens is 330 g/mol. The van der Waals surface area contributed by atoms with Gasteiger partial charge in [-0.25, -0.2) is 4.98 Å². The standard InChI is InChI=1S/C15H19N5O3S/c1-9(2)20-6-10(5-13(20)21)18-14(22)12-4-3-11(23-12)7-24-15-16-8-17-19-15/h3-4,8-10H,5-7H2,1-2H3,(H,18,22)(H,16,17,19). The first-order chi connectivity index (χ1) is 11.5. The van der Waals surface area contributed by atoms with Crippen molar-refractivity contribution in [3.8, 4) is 0 Å². The molecule has 1 unspecified atom stereocenters. The summed E-state index contributed by atoms with van der Waals surface area (Å²) in [5, 5.41) is 10.1. The summed E-state index contributed by atoms with van der Waals surface area (Å²) in [6.07, 6.45) is 1.77. The SMILES string of the molecule is CC(C)N1CC(NC(=O)c2ccc(CSc3ncn[nH]3)o2)CC1=O. The Bertz CT molecular complexity index is 713. The summed E-state index contributed by atoms with van der Waals surface area (Å²) < 4.78 is 5.56. The maximum Gasteiger partial charge on any atom is 0.287 e. The second-order valence-electron chi connectivity index (χ2n) is 5.86. The van der Waals surface area contributed by atoms with Crippen molar-refractivity contribution in [2.45, 2.75) is 43.3 Å². The molecule has 1 saturated heterocycles. The van der Waals surface area contributed by atoms with E-state index in [1.165, 1.54) is 18.1 Å². The molecule has 2 amide bonds. The summed E-state index contributed by atoms with van der Waals surface area (Å²) in [4.78, 5) is 29.9. The van der Waals surface area contributed by atoms with Gasteiger partial charge in [-0.3, -0.25) is 14.7 Å². The number of carbonyl (C=O) groups is 2. The average Bonchev–Trinajstić information content (AvgIpc) is 3.25. The van der Waals surface area contributed by atoms with Gasteiger partial charge in [-0.1, -0.05) is 11.8 Å². The van der Waals surface area contributed by atoms with Crippen LogP contribution in [0.5, 0.6) is 0 Å². The number of furan rings is 1. The van der Waals surface area contributed by atoms with Crippen LogP contribution in [0, 0.1) is 0 Å². The summed E-state index contributed by atoms with van der Waals surface area (Å²) in [5.74, 6) is 1.24. The zero-order valence-electron chi connectivity index (χ0n) is 13.5. The Kier molecular flexibility index (Phi) is 4.89. The van der Waals surface area contributed by atoms with Crippen LogP contribution in [0.4, 0.5) is 0 Å². The number of rotatable bonds is 6. The molecule has 8 nitrogen and oxygen atoms in total. The zero-order valence-corrected chi connectivity index (χ0v) is 14.3. The van der Waals surface area contributed by atoms with Gasteiger partial charge in [-0.05, 0) is 26.0 Å². The molecule has 2 N–H and O–H groups in total. The van der Waals surface area contributed by atoms with E-state index in [1.54, 1.807) is 17.0 Å². The number of likely N-dealkylation sites (tertiary alicyclic amines) is 1. The van der Waals surface area contributed by atoms with Gasteiger partial charge in [0, 0.05) is 19.0 Å². The van der Waals surface area contributed by atoms with E-state index in [2.05, 4.69) is 20.5 Å². The van der Waals surface area contributed by atoms with E-state index in [4.69, 9.17) is 4.42 Å². The van der Waals surface area contributed by atoms with Gasteiger partial charge in [0.25, 0.3) is 5.91 Å². The molecule has 1 aliphatic heterocycles. The van der Waals surface area contributed by atoms with Crippen LogP contribution in [0.1, 0.15) is 36.6 Å². The number of nitrogens with one attached hydrogen (secondary N) is 2. The summed E-state index contributed by atoms with van der Waals surface area (Å²) in [6, 6.07) is 3.37. The molecule has 0 saturated carbocycles. The van der Waals surface area contributed by atoms with Gasteiger partial charge in [-0.2, -0.15) is 5.10 Å². The lowest BCUT2D eigenvalue weighted by atomic mass is 10.2. The van der Waals surface area contributed by atoms with Gasteiger partial charge in [0.05, 0.1) is 11.8 Å². The lowest BCUT2D eigenvalue weighted by molar-refractivity contribution is -0.129. The fourth-order valence-corrected chi connectivity index (χ4v) is 3.24. The minimum absolute atomic E-state index is 0.0684. The molecule has 24 heavy (non-hydrogen) atoms. The van der Waals surface area contributed by atoms with E-state index in [0.29, 0.717) is 29.6 Å². The van der Waals surface area contributed by atoms with Crippen molar-refractivity contribution >= 4 is 23.6 Å². The van der Waals surface area contributed by atoms with Crippen LogP contribution >= 0.6 is 11.8 Å². The van der Waals surface area contributed by atoms with Crippen molar-refractivity contribution in [2.75, 3.05) is 6.54 Å². The summed E-state index contributed by atoms with van der Waals surface area (Å²) in [7, 11) is 0. The van der Waals surface area contributed by atoms with Crippen LogP contribution in [0.2, 0.25) is 0 Å². The van der Waals surface area contributed by atoms with E-state index < -0.39 is 0 Å². The molecule has 0 aliphatic carbocycles. The Morgan fingerprint density at radius 3 is 3.04 bits per heavy atom. The minimum atomic E-state index is -0.297. The minimum Gasteiger partial charge on any atom is -0.455 e. The Balaban J connectivity index is 1.53. The first kappa shape index (κ1) is 16.6. The van der Waals surface area contributed by atoms with Crippen molar-refractivity contribution in [3.63, 3.8) is 0 Å². The van der Waals surface area contributed by atoms with Crippen LogP contribution in [0.25, 0.3) is 0 Å². The molecular formula is C15H19N5O3S. The molecule has 0 spiro atoms. The Hall–Kier alpha value is -2.29. The molecule has 1 aliphatic rings. The summed E-state index contributed by atoms with van der Waals surface area (Å²) in [5.41, 5.74) is 0. The van der Waals surface area contributed by atoms with Gasteiger partial charge < -0.3 is 14.6 Å². The third-order valence-electron chi connectivity index (χ3n) is 3.75. The number of aromatic nitrogens is 3. The quantitative estimate of drug-likeness (QED) is 0.765. The first-order valence-corrected chi connectivity index (χ1v) is 8.68. The highest BCUT2D eigenvalue weighted by Gasteiger charge is 2.32. The Morgan fingerprint density at radius 2 is 2.38 bits per heavy atom. The maximum atomic E-state index is 12.3. The van der Waals surface area contributed by atoms with Crippen molar-refractivity contribution in [2.24, 2.45) is 0 Å². The van der Waals surface area contributed by atoms with Crippen LogP contribution < -0.4 is 5.32 Å². The molecule has 3 rings (SSSR count). The second kappa shape index (κ2) is 7.08. The number of hydrogen-bond donors (Lipinski definition) is 2. The predicted molar refractivity (Wildman–Crippen MR) is 87.4 cm³/mol. The van der Waals surface area contributed by atoms with Crippen LogP contribution in [0.3, 0.4) is 0 Å². The lowest BCUT2D eigenvalue weighted by Crippen LogP contribution is -2.38. The van der Waals surface area contributed by atoms with Crippen molar-refractivity contribution in [1.82, 2.24) is 25.4 Å². The van der Waals surface area contributed by atoms with Gasteiger partial charge in [0.2, 0.25) is 5.91 Å². The monoisotopic (exact) mass is 349 g/mol. The van der Waals surface area contributed by atoms with Crippen molar-refractivity contribution in [1.29, 1.82) is 0 Å². The van der Waals surface area contributed by atoms with E-state index in [9.17, 15) is 9.59 Å². The number of carbonyl (C=O) groups excluding carboxylic acids is 2. The molecule has 9 heteroatoms. The Morgan fingerprint density at radius 1 is 1.54 bits per heavy atom. The molecule has 1 atom stereocenters. The van der Waals surface area contributed by atoms with Crippen molar-refractivity contribution < 1.29 is 14.0 Å². The van der Waals surface area contributed by atoms with Crippen LogP contribution in [-0.4, -0.2) is 50.5 Å². The smallest absolute Gasteiger partial charge is 0.287 e. The van der Waals surface area contributed by atoms with Gasteiger partial charge in [-0.15, -0.1) is 0 Å². The van der Waals surface area contributed by atoms with E-state index in [0.717, 1.165) is 0 Å².